The molecule has 2 N–H and O–H groups in total. The van der Waals surface area contributed by atoms with E-state index in [-0.39, 0.29) is 0 Å². The smallest absolute Gasteiger partial charge is 0.191 e. The summed E-state index contributed by atoms with van der Waals surface area (Å²) in [7, 11) is 0. The first-order valence-electron chi connectivity index (χ1n) is 5.93. The molecule has 1 aliphatic rings. The lowest BCUT2D eigenvalue weighted by atomic mass is 10.4. The van der Waals surface area contributed by atoms with Crippen molar-refractivity contribution < 1.29 is 4.74 Å². The van der Waals surface area contributed by atoms with Crippen LogP contribution in [0.15, 0.2) is 17.4 Å². The minimum atomic E-state index is 0.586. The van der Waals surface area contributed by atoms with E-state index in [1.165, 1.54) is 0 Å². The van der Waals surface area contributed by atoms with Gasteiger partial charge in [0.05, 0.1) is 26.0 Å². The molecule has 6 heteroatoms. The predicted molar refractivity (Wildman–Crippen MR) is 65.6 cm³/mol. The standard InChI is InChI=1S/C11H19N5O/c1-2-16-9-10(8-14-16)7-13-11(12)15-3-5-17-6-4-15/h8-9H,2-7H2,1H3,(H2,12,13). The maximum absolute atomic E-state index is 5.93. The molecule has 0 aliphatic carbocycles. The van der Waals surface area contributed by atoms with Crippen LogP contribution < -0.4 is 5.73 Å². The molecule has 1 aromatic heterocycles. The fraction of sp³-hybridized carbons (Fsp3) is 0.636. The van der Waals surface area contributed by atoms with Gasteiger partial charge in [0.15, 0.2) is 5.96 Å². The van der Waals surface area contributed by atoms with Crippen molar-refractivity contribution in [2.75, 3.05) is 26.3 Å². The van der Waals surface area contributed by atoms with Crippen molar-refractivity contribution >= 4 is 5.96 Å². The second-order valence-corrected chi connectivity index (χ2v) is 3.98. The van der Waals surface area contributed by atoms with Crippen LogP contribution in [0.5, 0.6) is 0 Å². The van der Waals surface area contributed by atoms with Crippen molar-refractivity contribution in [3.63, 3.8) is 0 Å². The summed E-state index contributed by atoms with van der Waals surface area (Å²) in [6.45, 7) is 6.62. The minimum absolute atomic E-state index is 0.586. The lowest BCUT2D eigenvalue weighted by Gasteiger charge is -2.27. The van der Waals surface area contributed by atoms with Gasteiger partial charge in [-0.2, -0.15) is 5.10 Å². The second kappa shape index (κ2) is 5.67. The van der Waals surface area contributed by atoms with Gasteiger partial charge in [-0.05, 0) is 6.92 Å². The number of hydrogen-bond acceptors (Lipinski definition) is 3. The van der Waals surface area contributed by atoms with E-state index < -0.39 is 0 Å². The first-order valence-corrected chi connectivity index (χ1v) is 5.93. The summed E-state index contributed by atoms with van der Waals surface area (Å²) >= 11 is 0. The summed E-state index contributed by atoms with van der Waals surface area (Å²) in [5, 5.41) is 4.20. The molecule has 0 amide bonds. The molecule has 0 radical (unpaired) electrons. The Balaban J connectivity index is 1.90. The Labute approximate surface area is 101 Å². The van der Waals surface area contributed by atoms with Gasteiger partial charge in [0.2, 0.25) is 0 Å². The summed E-state index contributed by atoms with van der Waals surface area (Å²) in [6.07, 6.45) is 3.83. The highest BCUT2D eigenvalue weighted by molar-refractivity contribution is 5.78. The van der Waals surface area contributed by atoms with Gasteiger partial charge in [0.25, 0.3) is 0 Å². The van der Waals surface area contributed by atoms with E-state index in [0.717, 1.165) is 38.4 Å². The van der Waals surface area contributed by atoms with Crippen molar-refractivity contribution in [3.8, 4) is 0 Å². The molecule has 0 atom stereocenters. The molecular weight excluding hydrogens is 218 g/mol. The number of nitrogens with zero attached hydrogens (tertiary/aromatic N) is 4. The van der Waals surface area contributed by atoms with Crippen LogP contribution in [-0.4, -0.2) is 46.9 Å². The van der Waals surface area contributed by atoms with E-state index in [9.17, 15) is 0 Å². The van der Waals surface area contributed by atoms with Crippen molar-refractivity contribution in [2.45, 2.75) is 20.0 Å². The maximum atomic E-state index is 5.93. The quantitative estimate of drug-likeness (QED) is 0.596. The van der Waals surface area contributed by atoms with Crippen LogP contribution in [0.4, 0.5) is 0 Å². The molecule has 0 bridgehead atoms. The van der Waals surface area contributed by atoms with E-state index in [1.54, 1.807) is 0 Å². The highest BCUT2D eigenvalue weighted by atomic mass is 16.5. The fourth-order valence-electron chi connectivity index (χ4n) is 1.73. The Kier molecular flexibility index (Phi) is 3.98. The zero-order valence-corrected chi connectivity index (χ0v) is 10.2. The van der Waals surface area contributed by atoms with E-state index in [4.69, 9.17) is 10.5 Å². The lowest BCUT2D eigenvalue weighted by molar-refractivity contribution is 0.0674. The number of guanidine groups is 1. The van der Waals surface area contributed by atoms with Gasteiger partial charge in [-0.25, -0.2) is 4.99 Å². The van der Waals surface area contributed by atoms with Crippen LogP contribution in [0, 0.1) is 0 Å². The Morgan fingerprint density at radius 3 is 2.94 bits per heavy atom. The van der Waals surface area contributed by atoms with E-state index in [1.807, 2.05) is 22.0 Å². The summed E-state index contributed by atoms with van der Waals surface area (Å²) in [4.78, 5) is 6.43. The fourth-order valence-corrected chi connectivity index (χ4v) is 1.73. The largest absolute Gasteiger partial charge is 0.378 e. The molecule has 1 fully saturated rings. The average Bonchev–Trinajstić information content (AvgIpc) is 2.85. The van der Waals surface area contributed by atoms with Gasteiger partial charge in [0, 0.05) is 31.4 Å². The van der Waals surface area contributed by atoms with Gasteiger partial charge in [-0.15, -0.1) is 0 Å². The Hall–Kier alpha value is -1.56. The third kappa shape index (κ3) is 3.20. The van der Waals surface area contributed by atoms with Crippen LogP contribution in [0.3, 0.4) is 0 Å². The number of aliphatic imine (C=N–C) groups is 1. The highest BCUT2D eigenvalue weighted by Gasteiger charge is 2.11. The molecule has 17 heavy (non-hydrogen) atoms. The number of aryl methyl sites for hydroxylation is 1. The molecule has 2 heterocycles. The normalized spacial score (nSPS) is 17.5. The number of ether oxygens (including phenoxy) is 1. The zero-order valence-electron chi connectivity index (χ0n) is 10.2. The van der Waals surface area contributed by atoms with Gasteiger partial charge in [-0.3, -0.25) is 4.68 Å². The van der Waals surface area contributed by atoms with Gasteiger partial charge in [0.1, 0.15) is 0 Å². The number of aromatic nitrogens is 2. The molecule has 0 saturated carbocycles. The van der Waals surface area contributed by atoms with Crippen LogP contribution >= 0.6 is 0 Å². The van der Waals surface area contributed by atoms with E-state index >= 15 is 0 Å². The van der Waals surface area contributed by atoms with Crippen molar-refractivity contribution in [3.05, 3.63) is 18.0 Å². The topological polar surface area (TPSA) is 68.7 Å². The SMILES string of the molecule is CCn1cc(CN=C(N)N2CCOCC2)cn1. The Morgan fingerprint density at radius 1 is 1.53 bits per heavy atom. The summed E-state index contributed by atoms with van der Waals surface area (Å²) in [5.74, 6) is 0.595. The minimum Gasteiger partial charge on any atom is -0.378 e. The van der Waals surface area contributed by atoms with Crippen LogP contribution in [0.25, 0.3) is 0 Å². The van der Waals surface area contributed by atoms with Gasteiger partial charge in [-0.1, -0.05) is 0 Å². The second-order valence-electron chi connectivity index (χ2n) is 3.98. The van der Waals surface area contributed by atoms with Crippen molar-refractivity contribution in [1.29, 1.82) is 0 Å². The Bertz CT molecular complexity index is 381. The van der Waals surface area contributed by atoms with E-state index in [0.29, 0.717) is 12.5 Å². The summed E-state index contributed by atoms with van der Waals surface area (Å²) in [6, 6.07) is 0. The van der Waals surface area contributed by atoms with Crippen LogP contribution in [0.2, 0.25) is 0 Å². The molecule has 94 valence electrons. The third-order valence-electron chi connectivity index (χ3n) is 2.77. The third-order valence-corrected chi connectivity index (χ3v) is 2.77. The number of hydrogen-bond donors (Lipinski definition) is 1. The van der Waals surface area contributed by atoms with Crippen LogP contribution in [-0.2, 0) is 17.8 Å². The lowest BCUT2D eigenvalue weighted by Crippen LogP contribution is -2.44. The summed E-state index contributed by atoms with van der Waals surface area (Å²) < 4.78 is 7.15. The Morgan fingerprint density at radius 2 is 2.29 bits per heavy atom. The van der Waals surface area contributed by atoms with Gasteiger partial charge >= 0.3 is 0 Å². The van der Waals surface area contributed by atoms with E-state index in [2.05, 4.69) is 17.0 Å². The molecule has 1 aliphatic heterocycles. The van der Waals surface area contributed by atoms with Gasteiger partial charge < -0.3 is 15.4 Å². The molecule has 1 saturated heterocycles. The molecule has 1 aromatic rings. The molecule has 2 rings (SSSR count). The summed E-state index contributed by atoms with van der Waals surface area (Å²) in [5.41, 5.74) is 7.01. The highest BCUT2D eigenvalue weighted by Crippen LogP contribution is 2.02. The first-order chi connectivity index (χ1) is 8.29. The number of rotatable bonds is 3. The molecule has 0 spiro atoms. The van der Waals surface area contributed by atoms with Crippen LogP contribution in [0.1, 0.15) is 12.5 Å². The molecule has 0 aromatic carbocycles. The monoisotopic (exact) mass is 237 g/mol. The molecular formula is C11H19N5O. The molecule has 6 nitrogen and oxygen atoms in total. The zero-order chi connectivity index (χ0) is 12.1. The van der Waals surface area contributed by atoms with Crippen molar-refractivity contribution in [1.82, 2.24) is 14.7 Å². The number of nitrogens with two attached hydrogens (primary N) is 1. The number of morpholine rings is 1. The van der Waals surface area contributed by atoms with Crippen molar-refractivity contribution in [2.24, 2.45) is 10.7 Å². The first kappa shape index (κ1) is 11.9. The maximum Gasteiger partial charge on any atom is 0.191 e. The molecule has 0 unspecified atom stereocenters. The predicted octanol–water partition coefficient (Wildman–Crippen LogP) is 0.0499. The average molecular weight is 237 g/mol.